The highest BCUT2D eigenvalue weighted by atomic mass is 15.2. The van der Waals surface area contributed by atoms with E-state index in [2.05, 4.69) is 16.3 Å². The summed E-state index contributed by atoms with van der Waals surface area (Å²) in [6.45, 7) is 0. The van der Waals surface area contributed by atoms with E-state index < -0.39 is 0 Å². The van der Waals surface area contributed by atoms with Crippen molar-refractivity contribution in [2.45, 2.75) is 0 Å². The predicted octanol–water partition coefficient (Wildman–Crippen LogP) is 2.27. The van der Waals surface area contributed by atoms with Gasteiger partial charge in [0.2, 0.25) is 0 Å². The first-order chi connectivity index (χ1) is 8.38. The monoisotopic (exact) mass is 220 g/mol. The van der Waals surface area contributed by atoms with Crippen LogP contribution in [0.2, 0.25) is 0 Å². The largest absolute Gasteiger partial charge is 0.282 e. The van der Waals surface area contributed by atoms with Gasteiger partial charge in [-0.15, -0.1) is 10.2 Å². The van der Waals surface area contributed by atoms with Crippen molar-refractivity contribution in [3.63, 3.8) is 0 Å². The number of benzene rings is 1. The molecule has 0 saturated carbocycles. The molecule has 2 aromatic heterocycles. The average Bonchev–Trinajstić information content (AvgIpc) is 2.82. The van der Waals surface area contributed by atoms with Gasteiger partial charge in [0.1, 0.15) is 0 Å². The molecule has 4 heteroatoms. The average molecular weight is 220 g/mol. The van der Waals surface area contributed by atoms with Crippen LogP contribution in [-0.2, 0) is 0 Å². The van der Waals surface area contributed by atoms with Crippen LogP contribution in [0.3, 0.4) is 0 Å². The fraction of sp³-hybridized carbons (Fsp3) is 0. The second kappa shape index (κ2) is 3.72. The minimum Gasteiger partial charge on any atom is -0.282 e. The lowest BCUT2D eigenvalue weighted by atomic mass is 10.1. The molecule has 17 heavy (non-hydrogen) atoms. The minimum absolute atomic E-state index is 0.621. The van der Waals surface area contributed by atoms with E-state index in [1.165, 1.54) is 0 Å². The highest BCUT2D eigenvalue weighted by molar-refractivity contribution is 5.61. The molecule has 0 unspecified atom stereocenters. The Balaban J connectivity index is 2.24. The van der Waals surface area contributed by atoms with Gasteiger partial charge in [-0.2, -0.15) is 5.26 Å². The number of hydrogen-bond acceptors (Lipinski definition) is 3. The first kappa shape index (κ1) is 9.55. The van der Waals surface area contributed by atoms with Crippen molar-refractivity contribution in [3.05, 3.63) is 54.2 Å². The molecule has 4 nitrogen and oxygen atoms in total. The first-order valence-electron chi connectivity index (χ1n) is 5.19. The summed E-state index contributed by atoms with van der Waals surface area (Å²) < 4.78 is 1.90. The zero-order valence-electron chi connectivity index (χ0n) is 8.91. The summed E-state index contributed by atoms with van der Waals surface area (Å²) in [6.07, 6.45) is 1.91. The second-order valence-corrected chi connectivity index (χ2v) is 3.65. The van der Waals surface area contributed by atoms with Gasteiger partial charge in [0.25, 0.3) is 0 Å². The minimum atomic E-state index is 0.621. The fourth-order valence-electron chi connectivity index (χ4n) is 1.77. The van der Waals surface area contributed by atoms with Gasteiger partial charge >= 0.3 is 0 Å². The van der Waals surface area contributed by atoms with Gasteiger partial charge in [-0.3, -0.25) is 4.40 Å². The normalized spacial score (nSPS) is 10.3. The number of aromatic nitrogens is 3. The van der Waals surface area contributed by atoms with Crippen molar-refractivity contribution in [2.75, 3.05) is 0 Å². The predicted molar refractivity (Wildman–Crippen MR) is 63.1 cm³/mol. The molecular formula is C13H8N4. The Bertz CT molecular complexity index is 721. The molecule has 2 heterocycles. The molecule has 3 rings (SSSR count). The van der Waals surface area contributed by atoms with Crippen LogP contribution >= 0.6 is 0 Å². The van der Waals surface area contributed by atoms with Crippen LogP contribution in [0.25, 0.3) is 17.0 Å². The Labute approximate surface area is 97.8 Å². The van der Waals surface area contributed by atoms with E-state index in [1.54, 1.807) is 6.07 Å². The molecule has 0 amide bonds. The molecule has 1 aromatic carbocycles. The Kier molecular flexibility index (Phi) is 2.09. The lowest BCUT2D eigenvalue weighted by Crippen LogP contribution is -1.88. The van der Waals surface area contributed by atoms with Crippen molar-refractivity contribution < 1.29 is 0 Å². The fourth-order valence-corrected chi connectivity index (χ4v) is 1.77. The van der Waals surface area contributed by atoms with Crippen molar-refractivity contribution in [3.8, 4) is 17.5 Å². The zero-order valence-corrected chi connectivity index (χ0v) is 8.91. The van der Waals surface area contributed by atoms with Gasteiger partial charge < -0.3 is 0 Å². The van der Waals surface area contributed by atoms with Gasteiger partial charge in [0.15, 0.2) is 11.5 Å². The number of rotatable bonds is 1. The van der Waals surface area contributed by atoms with Gasteiger partial charge in [-0.1, -0.05) is 18.2 Å². The molecule has 0 N–H and O–H groups in total. The summed E-state index contributed by atoms with van der Waals surface area (Å²) in [5.74, 6) is 0.748. The third kappa shape index (κ3) is 1.54. The number of hydrogen-bond donors (Lipinski definition) is 0. The molecular weight excluding hydrogens is 212 g/mol. The van der Waals surface area contributed by atoms with Crippen molar-refractivity contribution in [1.82, 2.24) is 14.6 Å². The highest BCUT2D eigenvalue weighted by Gasteiger charge is 2.07. The molecule has 80 valence electrons. The van der Waals surface area contributed by atoms with Gasteiger partial charge in [0, 0.05) is 11.8 Å². The summed E-state index contributed by atoms with van der Waals surface area (Å²) >= 11 is 0. The smallest absolute Gasteiger partial charge is 0.168 e. The topological polar surface area (TPSA) is 54.0 Å². The maximum absolute atomic E-state index is 8.88. The maximum Gasteiger partial charge on any atom is 0.168 e. The van der Waals surface area contributed by atoms with Gasteiger partial charge in [-0.05, 0) is 24.3 Å². The molecule has 0 bridgehead atoms. The van der Waals surface area contributed by atoms with Crippen LogP contribution in [-0.4, -0.2) is 14.6 Å². The molecule has 0 fully saturated rings. The van der Waals surface area contributed by atoms with Crippen LogP contribution in [0.15, 0.2) is 48.7 Å². The van der Waals surface area contributed by atoms with Crippen LogP contribution in [0.4, 0.5) is 0 Å². The molecule has 0 saturated heterocycles. The number of nitrogens with zero attached hydrogens (tertiary/aromatic N) is 4. The molecule has 0 aliphatic heterocycles. The van der Waals surface area contributed by atoms with Crippen molar-refractivity contribution in [1.29, 1.82) is 5.26 Å². The maximum atomic E-state index is 8.88. The SMILES string of the molecule is N#Cc1cccc(-c2nnc3ccccn23)c1. The Morgan fingerprint density at radius 2 is 2.00 bits per heavy atom. The second-order valence-electron chi connectivity index (χ2n) is 3.65. The van der Waals surface area contributed by atoms with E-state index in [4.69, 9.17) is 5.26 Å². The Hall–Kier alpha value is -2.67. The molecule has 3 aromatic rings. The van der Waals surface area contributed by atoms with E-state index >= 15 is 0 Å². The lowest BCUT2D eigenvalue weighted by molar-refractivity contribution is 1.11. The third-order valence-electron chi connectivity index (χ3n) is 2.56. The van der Waals surface area contributed by atoms with Crippen LogP contribution in [0.5, 0.6) is 0 Å². The summed E-state index contributed by atoms with van der Waals surface area (Å²) in [5.41, 5.74) is 2.31. The molecule has 0 aliphatic carbocycles. The summed E-state index contributed by atoms with van der Waals surface area (Å²) in [7, 11) is 0. The summed E-state index contributed by atoms with van der Waals surface area (Å²) in [5, 5.41) is 17.1. The van der Waals surface area contributed by atoms with Crippen LogP contribution in [0.1, 0.15) is 5.56 Å². The Morgan fingerprint density at radius 3 is 2.88 bits per heavy atom. The number of fused-ring (bicyclic) bond motifs is 1. The lowest BCUT2D eigenvalue weighted by Gasteiger charge is -1.99. The Morgan fingerprint density at radius 1 is 1.06 bits per heavy atom. The van der Waals surface area contributed by atoms with E-state index in [0.29, 0.717) is 5.56 Å². The van der Waals surface area contributed by atoms with Gasteiger partial charge in [-0.25, -0.2) is 0 Å². The summed E-state index contributed by atoms with van der Waals surface area (Å²) in [6, 6.07) is 15.2. The summed E-state index contributed by atoms with van der Waals surface area (Å²) in [4.78, 5) is 0. The molecule has 0 radical (unpaired) electrons. The number of nitriles is 1. The van der Waals surface area contributed by atoms with E-state index in [0.717, 1.165) is 17.0 Å². The van der Waals surface area contributed by atoms with Crippen molar-refractivity contribution >= 4 is 5.65 Å². The standard InChI is InChI=1S/C13H8N4/c14-9-10-4-3-5-11(8-10)13-16-15-12-6-1-2-7-17(12)13/h1-8H. The zero-order chi connectivity index (χ0) is 11.7. The first-order valence-corrected chi connectivity index (χ1v) is 5.19. The van der Waals surface area contributed by atoms with E-state index in [1.807, 2.05) is 47.0 Å². The van der Waals surface area contributed by atoms with Crippen molar-refractivity contribution in [2.24, 2.45) is 0 Å². The van der Waals surface area contributed by atoms with E-state index in [-0.39, 0.29) is 0 Å². The molecule has 0 aliphatic rings. The molecule has 0 atom stereocenters. The number of pyridine rings is 1. The molecule has 0 spiro atoms. The highest BCUT2D eigenvalue weighted by Crippen LogP contribution is 2.18. The van der Waals surface area contributed by atoms with Crippen LogP contribution in [0, 0.1) is 11.3 Å². The van der Waals surface area contributed by atoms with Gasteiger partial charge in [0.05, 0.1) is 11.6 Å². The van der Waals surface area contributed by atoms with Crippen LogP contribution < -0.4 is 0 Å². The quantitative estimate of drug-likeness (QED) is 0.632. The third-order valence-corrected chi connectivity index (χ3v) is 2.56. The van der Waals surface area contributed by atoms with E-state index in [9.17, 15) is 0 Å².